The first-order valence-electron chi connectivity index (χ1n) is 5.23. The molecule has 1 aromatic carbocycles. The van der Waals surface area contributed by atoms with E-state index in [1.165, 1.54) is 0 Å². The second-order valence-electron chi connectivity index (χ2n) is 3.51. The van der Waals surface area contributed by atoms with E-state index < -0.39 is 5.97 Å². The van der Waals surface area contributed by atoms with Crippen molar-refractivity contribution in [3.63, 3.8) is 0 Å². The SMILES string of the molecule is CCOC(=O)c1nc2cc(Cl)ccc2nc1C. The monoisotopic (exact) mass is 250 g/mol. The number of benzene rings is 1. The lowest BCUT2D eigenvalue weighted by Crippen LogP contribution is -2.10. The minimum absolute atomic E-state index is 0.238. The number of halogens is 1. The van der Waals surface area contributed by atoms with E-state index in [1.54, 1.807) is 32.0 Å². The van der Waals surface area contributed by atoms with Gasteiger partial charge in [-0.05, 0) is 32.0 Å². The molecule has 0 bridgehead atoms. The van der Waals surface area contributed by atoms with E-state index in [9.17, 15) is 4.79 Å². The zero-order valence-corrected chi connectivity index (χ0v) is 10.3. The van der Waals surface area contributed by atoms with Crippen LogP contribution in [-0.2, 0) is 4.74 Å². The van der Waals surface area contributed by atoms with Gasteiger partial charge in [0.2, 0.25) is 0 Å². The standard InChI is InChI=1S/C12H11ClN2O2/c1-3-17-12(16)11-7(2)14-9-5-4-8(13)6-10(9)15-11/h4-6H,3H2,1-2H3. The normalized spacial score (nSPS) is 10.5. The van der Waals surface area contributed by atoms with Gasteiger partial charge < -0.3 is 4.74 Å². The Bertz CT molecular complexity index is 584. The van der Waals surface area contributed by atoms with Crippen LogP contribution in [0.2, 0.25) is 5.02 Å². The summed E-state index contributed by atoms with van der Waals surface area (Å²) in [5.74, 6) is -0.459. The zero-order valence-electron chi connectivity index (χ0n) is 9.53. The van der Waals surface area contributed by atoms with Gasteiger partial charge in [0.1, 0.15) is 0 Å². The molecule has 17 heavy (non-hydrogen) atoms. The van der Waals surface area contributed by atoms with Crippen molar-refractivity contribution in [1.29, 1.82) is 0 Å². The van der Waals surface area contributed by atoms with Gasteiger partial charge in [-0.1, -0.05) is 11.6 Å². The summed E-state index contributed by atoms with van der Waals surface area (Å²) in [7, 11) is 0. The van der Waals surface area contributed by atoms with Crippen LogP contribution < -0.4 is 0 Å². The summed E-state index contributed by atoms with van der Waals surface area (Å²) in [6.07, 6.45) is 0. The van der Waals surface area contributed by atoms with Gasteiger partial charge in [0.15, 0.2) is 5.69 Å². The second-order valence-corrected chi connectivity index (χ2v) is 3.95. The molecule has 1 heterocycles. The molecule has 0 saturated carbocycles. The molecule has 2 rings (SSSR count). The molecule has 0 aliphatic rings. The highest BCUT2D eigenvalue weighted by atomic mass is 35.5. The molecule has 0 aliphatic carbocycles. The molecule has 0 saturated heterocycles. The summed E-state index contributed by atoms with van der Waals surface area (Å²) < 4.78 is 4.91. The van der Waals surface area contributed by atoms with Gasteiger partial charge in [0.25, 0.3) is 0 Å². The lowest BCUT2D eigenvalue weighted by Gasteiger charge is -2.05. The Morgan fingerprint density at radius 2 is 2.12 bits per heavy atom. The van der Waals surface area contributed by atoms with Crippen molar-refractivity contribution in [2.75, 3.05) is 6.61 Å². The number of esters is 1. The van der Waals surface area contributed by atoms with E-state index in [4.69, 9.17) is 16.3 Å². The van der Waals surface area contributed by atoms with E-state index in [1.807, 2.05) is 0 Å². The highest BCUT2D eigenvalue weighted by Gasteiger charge is 2.14. The number of aromatic nitrogens is 2. The molecule has 88 valence electrons. The lowest BCUT2D eigenvalue weighted by molar-refractivity contribution is 0.0518. The highest BCUT2D eigenvalue weighted by Crippen LogP contribution is 2.18. The summed E-state index contributed by atoms with van der Waals surface area (Å²) in [4.78, 5) is 20.2. The number of nitrogens with zero attached hydrogens (tertiary/aromatic N) is 2. The van der Waals surface area contributed by atoms with Gasteiger partial charge in [-0.15, -0.1) is 0 Å². The molecule has 0 spiro atoms. The third-order valence-corrected chi connectivity index (χ3v) is 2.50. The van der Waals surface area contributed by atoms with Crippen LogP contribution >= 0.6 is 11.6 Å². The molecule has 0 N–H and O–H groups in total. The molecular formula is C12H11ClN2O2. The fourth-order valence-electron chi connectivity index (χ4n) is 1.51. The van der Waals surface area contributed by atoms with Gasteiger partial charge in [-0.3, -0.25) is 0 Å². The van der Waals surface area contributed by atoms with Crippen LogP contribution in [0.15, 0.2) is 18.2 Å². The fourth-order valence-corrected chi connectivity index (χ4v) is 1.67. The van der Waals surface area contributed by atoms with Crippen molar-refractivity contribution in [2.45, 2.75) is 13.8 Å². The number of hydrogen-bond donors (Lipinski definition) is 0. The van der Waals surface area contributed by atoms with Crippen molar-refractivity contribution in [3.05, 3.63) is 34.6 Å². The lowest BCUT2D eigenvalue weighted by atomic mass is 10.2. The van der Waals surface area contributed by atoms with Gasteiger partial charge in [-0.25, -0.2) is 14.8 Å². The van der Waals surface area contributed by atoms with Crippen molar-refractivity contribution < 1.29 is 9.53 Å². The third kappa shape index (κ3) is 2.36. The van der Waals surface area contributed by atoms with Gasteiger partial charge >= 0.3 is 5.97 Å². The Labute approximate surface area is 104 Å². The fraction of sp³-hybridized carbons (Fsp3) is 0.250. The predicted octanol–water partition coefficient (Wildman–Crippen LogP) is 2.77. The number of ether oxygens (including phenoxy) is 1. The Hall–Kier alpha value is -1.68. The first-order valence-corrected chi connectivity index (χ1v) is 5.60. The molecular weight excluding hydrogens is 240 g/mol. The minimum atomic E-state index is -0.459. The van der Waals surface area contributed by atoms with Crippen LogP contribution in [0.5, 0.6) is 0 Å². The van der Waals surface area contributed by atoms with E-state index >= 15 is 0 Å². The molecule has 0 atom stereocenters. The average molecular weight is 251 g/mol. The summed E-state index contributed by atoms with van der Waals surface area (Å²) in [5, 5.41) is 0.561. The van der Waals surface area contributed by atoms with Gasteiger partial charge in [0, 0.05) is 5.02 Å². The Morgan fingerprint density at radius 1 is 1.35 bits per heavy atom. The zero-order chi connectivity index (χ0) is 12.4. The second kappa shape index (κ2) is 4.67. The number of carbonyl (C=O) groups is 1. The first kappa shape index (κ1) is 11.8. The van der Waals surface area contributed by atoms with Crippen molar-refractivity contribution in [3.8, 4) is 0 Å². The predicted molar refractivity (Wildman–Crippen MR) is 65.2 cm³/mol. The summed E-state index contributed by atoms with van der Waals surface area (Å²) in [6.45, 7) is 3.79. The largest absolute Gasteiger partial charge is 0.461 e. The molecule has 0 aliphatic heterocycles. The molecule has 4 nitrogen and oxygen atoms in total. The molecule has 0 radical (unpaired) electrons. The topological polar surface area (TPSA) is 52.1 Å². The maximum absolute atomic E-state index is 11.6. The maximum Gasteiger partial charge on any atom is 0.358 e. The third-order valence-electron chi connectivity index (χ3n) is 2.27. The van der Waals surface area contributed by atoms with Crippen LogP contribution in [0.25, 0.3) is 11.0 Å². The summed E-state index contributed by atoms with van der Waals surface area (Å²) in [6, 6.07) is 5.18. The summed E-state index contributed by atoms with van der Waals surface area (Å²) >= 11 is 5.87. The van der Waals surface area contributed by atoms with Gasteiger partial charge in [0.05, 0.1) is 23.3 Å². The first-order chi connectivity index (χ1) is 8.11. The Kier molecular flexibility index (Phi) is 3.24. The molecule has 2 aromatic rings. The van der Waals surface area contributed by atoms with E-state index in [0.29, 0.717) is 28.4 Å². The van der Waals surface area contributed by atoms with Crippen LogP contribution in [0.4, 0.5) is 0 Å². The van der Waals surface area contributed by atoms with E-state index in [0.717, 1.165) is 0 Å². The van der Waals surface area contributed by atoms with Crippen LogP contribution in [0, 0.1) is 6.92 Å². The number of aryl methyl sites for hydroxylation is 1. The van der Waals surface area contributed by atoms with Crippen molar-refractivity contribution in [2.24, 2.45) is 0 Å². The average Bonchev–Trinajstić information content (AvgIpc) is 2.29. The molecule has 0 fully saturated rings. The van der Waals surface area contributed by atoms with Crippen molar-refractivity contribution >= 4 is 28.6 Å². The smallest absolute Gasteiger partial charge is 0.358 e. The van der Waals surface area contributed by atoms with Crippen LogP contribution in [-0.4, -0.2) is 22.5 Å². The number of fused-ring (bicyclic) bond motifs is 1. The van der Waals surface area contributed by atoms with Crippen LogP contribution in [0.3, 0.4) is 0 Å². The van der Waals surface area contributed by atoms with Gasteiger partial charge in [-0.2, -0.15) is 0 Å². The minimum Gasteiger partial charge on any atom is -0.461 e. The number of hydrogen-bond acceptors (Lipinski definition) is 4. The Balaban J connectivity index is 2.57. The molecule has 0 unspecified atom stereocenters. The number of carbonyl (C=O) groups excluding carboxylic acids is 1. The van der Waals surface area contributed by atoms with E-state index in [2.05, 4.69) is 9.97 Å². The molecule has 1 aromatic heterocycles. The van der Waals surface area contributed by atoms with E-state index in [-0.39, 0.29) is 5.69 Å². The van der Waals surface area contributed by atoms with Crippen molar-refractivity contribution in [1.82, 2.24) is 9.97 Å². The summed E-state index contributed by atoms with van der Waals surface area (Å²) in [5.41, 5.74) is 2.09. The number of rotatable bonds is 2. The highest BCUT2D eigenvalue weighted by molar-refractivity contribution is 6.31. The van der Waals surface area contributed by atoms with Crippen LogP contribution in [0.1, 0.15) is 23.1 Å². The Morgan fingerprint density at radius 3 is 2.82 bits per heavy atom. The quantitative estimate of drug-likeness (QED) is 0.769. The molecule has 5 heteroatoms. The molecule has 0 amide bonds. The maximum atomic E-state index is 11.6.